The molecule has 0 aromatic heterocycles. The van der Waals surface area contributed by atoms with Crippen LogP contribution in [0.15, 0.2) is 77.7 Å². The molecule has 166 valence electrons. The van der Waals surface area contributed by atoms with Crippen molar-refractivity contribution in [2.45, 2.75) is 24.3 Å². The minimum absolute atomic E-state index is 0.142. The van der Waals surface area contributed by atoms with Gasteiger partial charge in [-0.15, -0.1) is 0 Å². The third-order valence-electron chi connectivity index (χ3n) is 5.23. The van der Waals surface area contributed by atoms with Crippen LogP contribution < -0.4 is 14.4 Å². The van der Waals surface area contributed by atoms with Crippen molar-refractivity contribution in [2.75, 3.05) is 17.4 Å². The van der Waals surface area contributed by atoms with Crippen LogP contribution in [0.3, 0.4) is 0 Å². The summed E-state index contributed by atoms with van der Waals surface area (Å²) in [6.07, 6.45) is -0.489. The lowest BCUT2D eigenvalue weighted by Crippen LogP contribution is -2.51. The smallest absolute Gasteiger partial charge is 0.264 e. The van der Waals surface area contributed by atoms with E-state index in [1.54, 1.807) is 48.5 Å². The fourth-order valence-electron chi connectivity index (χ4n) is 3.54. The molecule has 0 bridgehead atoms. The minimum atomic E-state index is -3.88. The van der Waals surface area contributed by atoms with Crippen molar-refractivity contribution in [3.05, 3.63) is 89.7 Å². The number of carbonyl (C=O) groups excluding carboxylic acids is 1. The molecule has 1 aliphatic rings. The lowest BCUT2D eigenvalue weighted by Gasteiger charge is -2.35. The van der Waals surface area contributed by atoms with Gasteiger partial charge >= 0.3 is 0 Å². The molecule has 4 rings (SSSR count). The van der Waals surface area contributed by atoms with Gasteiger partial charge in [-0.3, -0.25) is 9.10 Å². The fourth-order valence-corrected chi connectivity index (χ4v) is 5.04. The molecule has 1 heterocycles. The highest BCUT2D eigenvalue weighted by Crippen LogP contribution is 2.37. The fraction of sp³-hybridized carbons (Fsp3) is 0.208. The largest absolute Gasteiger partial charge is 0.476 e. The zero-order valence-electron chi connectivity index (χ0n) is 17.5. The number of nitrogens with one attached hydrogen (secondary N) is 1. The second kappa shape index (κ2) is 9.00. The summed E-state index contributed by atoms with van der Waals surface area (Å²) in [7, 11) is -3.88. The number of aryl methyl sites for hydroxylation is 1. The molecule has 1 atom stereocenters. The minimum Gasteiger partial charge on any atom is -0.476 e. The molecular formula is C24H23FN2O4S. The summed E-state index contributed by atoms with van der Waals surface area (Å²) < 4.78 is 46.8. The third kappa shape index (κ3) is 4.60. The van der Waals surface area contributed by atoms with Crippen molar-refractivity contribution >= 4 is 21.6 Å². The van der Waals surface area contributed by atoms with Crippen LogP contribution >= 0.6 is 0 Å². The van der Waals surface area contributed by atoms with Gasteiger partial charge in [0.25, 0.3) is 15.9 Å². The predicted octanol–water partition coefficient (Wildman–Crippen LogP) is 3.45. The first-order valence-corrected chi connectivity index (χ1v) is 11.7. The number of nitrogens with zero attached hydrogens (tertiary/aromatic N) is 1. The van der Waals surface area contributed by atoms with Crippen LogP contribution in [0.2, 0.25) is 0 Å². The first-order chi connectivity index (χ1) is 15.3. The van der Waals surface area contributed by atoms with Crippen LogP contribution in [-0.4, -0.2) is 33.5 Å². The normalized spacial score (nSPS) is 15.6. The summed E-state index contributed by atoms with van der Waals surface area (Å²) in [6, 6.07) is 19.4. The topological polar surface area (TPSA) is 75.7 Å². The van der Waals surface area contributed by atoms with Crippen LogP contribution in [0.5, 0.6) is 5.75 Å². The molecule has 32 heavy (non-hydrogen) atoms. The summed E-state index contributed by atoms with van der Waals surface area (Å²) in [5.74, 6) is -0.385. The average Bonchev–Trinajstić information content (AvgIpc) is 2.80. The number of fused-ring (bicyclic) bond motifs is 1. The van der Waals surface area contributed by atoms with Gasteiger partial charge in [0, 0.05) is 6.54 Å². The molecule has 1 aliphatic heterocycles. The Balaban J connectivity index is 1.54. The van der Waals surface area contributed by atoms with E-state index in [9.17, 15) is 17.6 Å². The Morgan fingerprint density at radius 3 is 2.53 bits per heavy atom. The second-order valence-electron chi connectivity index (χ2n) is 7.59. The summed E-state index contributed by atoms with van der Waals surface area (Å²) >= 11 is 0. The van der Waals surface area contributed by atoms with Crippen LogP contribution in [0, 0.1) is 12.7 Å². The van der Waals surface area contributed by atoms with Crippen LogP contribution in [-0.2, 0) is 21.2 Å². The van der Waals surface area contributed by atoms with Crippen molar-refractivity contribution in [3.63, 3.8) is 0 Å². The van der Waals surface area contributed by atoms with E-state index >= 15 is 0 Å². The number of carbonyl (C=O) groups is 1. The molecule has 0 saturated heterocycles. The molecule has 3 aromatic rings. The zero-order chi connectivity index (χ0) is 22.7. The highest BCUT2D eigenvalue weighted by Gasteiger charge is 2.37. The average molecular weight is 455 g/mol. The molecule has 0 unspecified atom stereocenters. The number of hydrogen-bond donors (Lipinski definition) is 1. The van der Waals surface area contributed by atoms with E-state index in [-0.39, 0.29) is 17.3 Å². The third-order valence-corrected chi connectivity index (χ3v) is 7.03. The highest BCUT2D eigenvalue weighted by molar-refractivity contribution is 7.92. The molecule has 0 radical (unpaired) electrons. The van der Waals surface area contributed by atoms with Gasteiger partial charge in [-0.25, -0.2) is 12.8 Å². The molecular weight excluding hydrogens is 431 g/mol. The maximum atomic E-state index is 13.3. The quantitative estimate of drug-likeness (QED) is 0.619. The lowest BCUT2D eigenvalue weighted by molar-refractivity contribution is -0.127. The molecule has 1 amide bonds. The van der Waals surface area contributed by atoms with Gasteiger partial charge in [-0.2, -0.15) is 0 Å². The van der Waals surface area contributed by atoms with Crippen molar-refractivity contribution in [1.82, 2.24) is 5.32 Å². The van der Waals surface area contributed by atoms with Gasteiger partial charge in [0.05, 0.1) is 17.1 Å². The summed E-state index contributed by atoms with van der Waals surface area (Å²) in [4.78, 5) is 13.0. The van der Waals surface area contributed by atoms with E-state index in [1.165, 1.54) is 28.6 Å². The lowest BCUT2D eigenvalue weighted by atomic mass is 10.1. The predicted molar refractivity (Wildman–Crippen MR) is 120 cm³/mol. The number of benzene rings is 3. The Hall–Kier alpha value is -3.39. The van der Waals surface area contributed by atoms with Crippen molar-refractivity contribution < 1.29 is 22.3 Å². The number of ether oxygens (including phenoxy) is 1. The maximum Gasteiger partial charge on any atom is 0.264 e. The summed E-state index contributed by atoms with van der Waals surface area (Å²) in [5, 5.41) is 2.79. The van der Waals surface area contributed by atoms with Crippen molar-refractivity contribution in [2.24, 2.45) is 0 Å². The van der Waals surface area contributed by atoms with E-state index in [2.05, 4.69) is 5.32 Å². The van der Waals surface area contributed by atoms with Crippen LogP contribution in [0.25, 0.3) is 0 Å². The van der Waals surface area contributed by atoms with Gasteiger partial charge in [0.15, 0.2) is 6.10 Å². The molecule has 0 fully saturated rings. The number of sulfonamides is 1. The molecule has 3 aromatic carbocycles. The van der Waals surface area contributed by atoms with Crippen LogP contribution in [0.4, 0.5) is 10.1 Å². The van der Waals surface area contributed by atoms with Crippen molar-refractivity contribution in [3.8, 4) is 5.75 Å². The Labute approximate surface area is 186 Å². The number of rotatable bonds is 6. The molecule has 0 saturated carbocycles. The Morgan fingerprint density at radius 2 is 1.81 bits per heavy atom. The molecule has 0 spiro atoms. The SMILES string of the molecule is Cc1ccc2c(c1)O[C@@H](C(=O)NCCc1ccc(F)cc1)CN2S(=O)(=O)c1ccccc1. The number of hydrogen-bond acceptors (Lipinski definition) is 4. The van der Waals surface area contributed by atoms with Gasteiger partial charge in [0.1, 0.15) is 11.6 Å². The van der Waals surface area contributed by atoms with E-state index in [0.29, 0.717) is 24.4 Å². The van der Waals surface area contributed by atoms with E-state index in [1.807, 2.05) is 6.92 Å². The van der Waals surface area contributed by atoms with Gasteiger partial charge in [0.2, 0.25) is 0 Å². The van der Waals surface area contributed by atoms with E-state index < -0.39 is 22.0 Å². The Bertz CT molecular complexity index is 1210. The maximum absolute atomic E-state index is 13.3. The second-order valence-corrected chi connectivity index (χ2v) is 9.46. The molecule has 6 nitrogen and oxygen atoms in total. The molecule has 0 aliphatic carbocycles. The van der Waals surface area contributed by atoms with Gasteiger partial charge < -0.3 is 10.1 Å². The van der Waals surface area contributed by atoms with Crippen molar-refractivity contribution in [1.29, 1.82) is 0 Å². The van der Waals surface area contributed by atoms with Crippen LogP contribution in [0.1, 0.15) is 11.1 Å². The zero-order valence-corrected chi connectivity index (χ0v) is 18.3. The number of anilines is 1. The Kier molecular flexibility index (Phi) is 6.14. The summed E-state index contributed by atoms with van der Waals surface area (Å²) in [6.45, 7) is 2.04. The Morgan fingerprint density at radius 1 is 1.09 bits per heavy atom. The van der Waals surface area contributed by atoms with E-state index in [4.69, 9.17) is 4.74 Å². The highest BCUT2D eigenvalue weighted by atomic mass is 32.2. The number of amides is 1. The first-order valence-electron chi connectivity index (χ1n) is 10.2. The van der Waals surface area contributed by atoms with Gasteiger partial charge in [-0.05, 0) is 60.9 Å². The van der Waals surface area contributed by atoms with E-state index in [0.717, 1.165) is 11.1 Å². The standard InChI is InChI=1S/C24H23FN2O4S/c1-17-7-12-21-22(15-17)31-23(16-27(21)32(29,30)20-5-3-2-4-6-20)24(28)26-14-13-18-8-10-19(25)11-9-18/h2-12,15,23H,13-14,16H2,1H3,(H,26,28)/t23-/m1/s1. The summed E-state index contributed by atoms with van der Waals surface area (Å²) in [5.41, 5.74) is 2.17. The number of halogens is 1. The monoisotopic (exact) mass is 454 g/mol. The van der Waals surface area contributed by atoms with Gasteiger partial charge in [-0.1, -0.05) is 36.4 Å². The molecule has 8 heteroatoms. The first kappa shape index (κ1) is 21.8. The molecule has 1 N–H and O–H groups in total.